The van der Waals surface area contributed by atoms with E-state index >= 15 is 0 Å². The van der Waals surface area contributed by atoms with Crippen LogP contribution in [0.2, 0.25) is 0 Å². The fraction of sp³-hybridized carbons (Fsp3) is 0.909. The summed E-state index contributed by atoms with van der Waals surface area (Å²) in [5, 5.41) is 0. The van der Waals surface area contributed by atoms with E-state index in [1.165, 1.54) is 0 Å². The number of carbonyl (C=O) groups excluding carboxylic acids is 1. The molecule has 0 spiro atoms. The number of ether oxygens (including phenoxy) is 1. The molecule has 1 aliphatic heterocycles. The predicted octanol–water partition coefficient (Wildman–Crippen LogP) is 1.81. The highest BCUT2D eigenvalue weighted by atomic mass is 16.5. The quantitative estimate of drug-likeness (QED) is 0.499. The number of hydrogen-bond acceptors (Lipinski definition) is 3. The molecule has 1 saturated heterocycles. The summed E-state index contributed by atoms with van der Waals surface area (Å²) in [5.41, 5.74) is 0. The Morgan fingerprint density at radius 2 is 2.29 bits per heavy atom. The SMILES string of the molecule is CCCCCC(=O)OC1CCN(C)C1. The van der Waals surface area contributed by atoms with Gasteiger partial charge in [0.05, 0.1) is 0 Å². The first-order valence-electron chi connectivity index (χ1n) is 5.60. The van der Waals surface area contributed by atoms with Crippen LogP contribution in [0.25, 0.3) is 0 Å². The van der Waals surface area contributed by atoms with Gasteiger partial charge < -0.3 is 9.64 Å². The molecule has 3 nitrogen and oxygen atoms in total. The van der Waals surface area contributed by atoms with Gasteiger partial charge in [-0.3, -0.25) is 4.79 Å². The lowest BCUT2D eigenvalue weighted by Crippen LogP contribution is -2.22. The average Bonchev–Trinajstić information content (AvgIpc) is 2.52. The van der Waals surface area contributed by atoms with E-state index in [1.807, 2.05) is 0 Å². The van der Waals surface area contributed by atoms with Crippen LogP contribution >= 0.6 is 0 Å². The second-order valence-electron chi connectivity index (χ2n) is 4.12. The zero-order valence-electron chi connectivity index (χ0n) is 9.29. The largest absolute Gasteiger partial charge is 0.461 e. The fourth-order valence-electron chi connectivity index (χ4n) is 1.75. The van der Waals surface area contributed by atoms with Crippen molar-refractivity contribution in [3.05, 3.63) is 0 Å². The van der Waals surface area contributed by atoms with Crippen LogP contribution in [-0.4, -0.2) is 37.1 Å². The molecule has 0 N–H and O–H groups in total. The molecule has 0 amide bonds. The summed E-state index contributed by atoms with van der Waals surface area (Å²) >= 11 is 0. The molecule has 3 heteroatoms. The zero-order chi connectivity index (χ0) is 10.4. The van der Waals surface area contributed by atoms with E-state index in [2.05, 4.69) is 18.9 Å². The van der Waals surface area contributed by atoms with E-state index in [9.17, 15) is 4.79 Å². The van der Waals surface area contributed by atoms with Gasteiger partial charge in [-0.15, -0.1) is 0 Å². The fourth-order valence-corrected chi connectivity index (χ4v) is 1.75. The molecule has 0 aromatic heterocycles. The molecule has 14 heavy (non-hydrogen) atoms. The third-order valence-electron chi connectivity index (χ3n) is 2.63. The number of unbranched alkanes of at least 4 members (excludes halogenated alkanes) is 2. The molecule has 1 unspecified atom stereocenters. The van der Waals surface area contributed by atoms with Gasteiger partial charge in [0.25, 0.3) is 0 Å². The first-order valence-corrected chi connectivity index (χ1v) is 5.60. The van der Waals surface area contributed by atoms with Crippen molar-refractivity contribution in [2.45, 2.75) is 45.1 Å². The number of rotatable bonds is 5. The van der Waals surface area contributed by atoms with Crippen LogP contribution in [0.4, 0.5) is 0 Å². The monoisotopic (exact) mass is 199 g/mol. The van der Waals surface area contributed by atoms with Crippen molar-refractivity contribution in [3.63, 3.8) is 0 Å². The maximum Gasteiger partial charge on any atom is 0.306 e. The Morgan fingerprint density at radius 1 is 1.50 bits per heavy atom. The Morgan fingerprint density at radius 3 is 2.86 bits per heavy atom. The molecular weight excluding hydrogens is 178 g/mol. The summed E-state index contributed by atoms with van der Waals surface area (Å²) < 4.78 is 5.35. The molecular formula is C11H21NO2. The lowest BCUT2D eigenvalue weighted by molar-refractivity contribution is -0.148. The molecule has 0 bridgehead atoms. The van der Waals surface area contributed by atoms with Crippen LogP contribution in [0.1, 0.15) is 39.0 Å². The summed E-state index contributed by atoms with van der Waals surface area (Å²) in [7, 11) is 2.06. The van der Waals surface area contributed by atoms with Gasteiger partial charge >= 0.3 is 5.97 Å². The molecule has 1 rings (SSSR count). The lowest BCUT2D eigenvalue weighted by Gasteiger charge is -2.11. The number of nitrogens with zero attached hydrogens (tertiary/aromatic N) is 1. The minimum atomic E-state index is -0.0150. The van der Waals surface area contributed by atoms with E-state index in [4.69, 9.17) is 4.74 Å². The van der Waals surface area contributed by atoms with E-state index in [1.54, 1.807) is 0 Å². The Bertz CT molecular complexity index is 182. The number of carbonyl (C=O) groups is 1. The normalized spacial score (nSPS) is 22.6. The molecule has 1 heterocycles. The van der Waals surface area contributed by atoms with Gasteiger partial charge in [0, 0.05) is 19.5 Å². The van der Waals surface area contributed by atoms with E-state index in [-0.39, 0.29) is 12.1 Å². The van der Waals surface area contributed by atoms with Crippen molar-refractivity contribution in [1.29, 1.82) is 0 Å². The maximum absolute atomic E-state index is 11.3. The summed E-state index contributed by atoms with van der Waals surface area (Å²) in [6, 6.07) is 0. The number of hydrogen-bond donors (Lipinski definition) is 0. The van der Waals surface area contributed by atoms with Crippen molar-refractivity contribution in [2.24, 2.45) is 0 Å². The average molecular weight is 199 g/mol. The van der Waals surface area contributed by atoms with E-state index < -0.39 is 0 Å². The van der Waals surface area contributed by atoms with Crippen molar-refractivity contribution >= 4 is 5.97 Å². The van der Waals surface area contributed by atoms with Gasteiger partial charge in [-0.1, -0.05) is 19.8 Å². The van der Waals surface area contributed by atoms with Crippen molar-refractivity contribution < 1.29 is 9.53 Å². The molecule has 0 radical (unpaired) electrons. The summed E-state index contributed by atoms with van der Waals surface area (Å²) in [6.45, 7) is 4.09. The van der Waals surface area contributed by atoms with Crippen LogP contribution in [0.3, 0.4) is 0 Å². The topological polar surface area (TPSA) is 29.5 Å². The first-order chi connectivity index (χ1) is 6.72. The van der Waals surface area contributed by atoms with E-state index in [0.717, 1.165) is 38.8 Å². The van der Waals surface area contributed by atoms with Gasteiger partial charge in [0.15, 0.2) is 0 Å². The van der Waals surface area contributed by atoms with Crippen LogP contribution in [-0.2, 0) is 9.53 Å². The third kappa shape index (κ3) is 4.09. The van der Waals surface area contributed by atoms with Gasteiger partial charge in [-0.2, -0.15) is 0 Å². The number of esters is 1. The summed E-state index contributed by atoms with van der Waals surface area (Å²) in [6.07, 6.45) is 4.98. The molecule has 0 saturated carbocycles. The Hall–Kier alpha value is -0.570. The molecule has 82 valence electrons. The summed E-state index contributed by atoms with van der Waals surface area (Å²) in [5.74, 6) is -0.0150. The third-order valence-corrected chi connectivity index (χ3v) is 2.63. The molecule has 1 aliphatic rings. The Labute approximate surface area is 86.4 Å². The highest BCUT2D eigenvalue weighted by Crippen LogP contribution is 2.12. The Kier molecular flexibility index (Phi) is 4.94. The highest BCUT2D eigenvalue weighted by Gasteiger charge is 2.22. The second-order valence-corrected chi connectivity index (χ2v) is 4.12. The maximum atomic E-state index is 11.3. The highest BCUT2D eigenvalue weighted by molar-refractivity contribution is 5.69. The van der Waals surface area contributed by atoms with Crippen molar-refractivity contribution in [1.82, 2.24) is 4.90 Å². The minimum Gasteiger partial charge on any atom is -0.461 e. The van der Waals surface area contributed by atoms with Crippen LogP contribution < -0.4 is 0 Å². The molecule has 1 fully saturated rings. The Balaban J connectivity index is 2.08. The van der Waals surface area contributed by atoms with Gasteiger partial charge in [0.2, 0.25) is 0 Å². The predicted molar refractivity (Wildman–Crippen MR) is 56.1 cm³/mol. The van der Waals surface area contributed by atoms with Crippen LogP contribution in [0.15, 0.2) is 0 Å². The van der Waals surface area contributed by atoms with Crippen molar-refractivity contribution in [2.75, 3.05) is 20.1 Å². The first kappa shape index (κ1) is 11.5. The lowest BCUT2D eigenvalue weighted by atomic mass is 10.2. The van der Waals surface area contributed by atoms with Crippen molar-refractivity contribution in [3.8, 4) is 0 Å². The van der Waals surface area contributed by atoms with Gasteiger partial charge in [-0.25, -0.2) is 0 Å². The molecule has 1 atom stereocenters. The van der Waals surface area contributed by atoms with Gasteiger partial charge in [-0.05, 0) is 19.9 Å². The number of likely N-dealkylation sites (tertiary alicyclic amines) is 1. The summed E-state index contributed by atoms with van der Waals surface area (Å²) in [4.78, 5) is 13.5. The minimum absolute atomic E-state index is 0.0150. The van der Waals surface area contributed by atoms with Crippen LogP contribution in [0, 0.1) is 0 Å². The smallest absolute Gasteiger partial charge is 0.306 e. The zero-order valence-corrected chi connectivity index (χ0v) is 9.29. The number of likely N-dealkylation sites (N-methyl/N-ethyl adjacent to an activating group) is 1. The molecule has 0 aliphatic carbocycles. The molecule has 0 aromatic rings. The standard InChI is InChI=1S/C11H21NO2/c1-3-4-5-6-11(13)14-10-7-8-12(2)9-10/h10H,3-9H2,1-2H3. The second kappa shape index (κ2) is 6.02. The molecule has 0 aromatic carbocycles. The van der Waals surface area contributed by atoms with Crippen LogP contribution in [0.5, 0.6) is 0 Å². The van der Waals surface area contributed by atoms with E-state index in [0.29, 0.717) is 6.42 Å². The van der Waals surface area contributed by atoms with Gasteiger partial charge in [0.1, 0.15) is 6.10 Å².